The van der Waals surface area contributed by atoms with Gasteiger partial charge >= 0.3 is 0 Å². The molecule has 0 amide bonds. The number of hydrogen-bond acceptors (Lipinski definition) is 4. The first-order chi connectivity index (χ1) is 40.8. The third kappa shape index (κ3) is 11.0. The van der Waals surface area contributed by atoms with Gasteiger partial charge in [0.2, 0.25) is 0 Å². The van der Waals surface area contributed by atoms with Gasteiger partial charge in [0.25, 0.3) is 0 Å². The predicted octanol–water partition coefficient (Wildman–Crippen LogP) is 21.8. The summed E-state index contributed by atoms with van der Waals surface area (Å²) in [6, 6.07) is 63.7. The Morgan fingerprint density at radius 2 is 1.12 bits per heavy atom. The topological polar surface area (TPSA) is 33.5 Å². The molecule has 0 unspecified atom stereocenters. The molecule has 85 heavy (non-hydrogen) atoms. The van der Waals surface area contributed by atoms with Crippen LogP contribution in [-0.4, -0.2) is 9.55 Å². The molecule has 0 spiro atoms. The molecule has 5 nitrogen and oxygen atoms in total. The molecule has 438 valence electrons. The van der Waals surface area contributed by atoms with E-state index in [0.717, 1.165) is 79.7 Å². The van der Waals surface area contributed by atoms with Crippen LogP contribution in [-0.2, 0) is 53.6 Å². The predicted molar refractivity (Wildman–Crippen MR) is 355 cm³/mol. The van der Waals surface area contributed by atoms with Gasteiger partial charge in [0.05, 0.1) is 0 Å². The Balaban J connectivity index is 0.00000800. The number of aromatic nitrogens is 2. The van der Waals surface area contributed by atoms with Crippen molar-refractivity contribution in [3.05, 3.63) is 222 Å². The van der Waals surface area contributed by atoms with Crippen molar-refractivity contribution >= 4 is 44.6 Å². The third-order valence-corrected chi connectivity index (χ3v) is 17.9. The van der Waals surface area contributed by atoms with E-state index < -0.39 is 6.85 Å². The molecule has 0 fully saturated rings. The summed E-state index contributed by atoms with van der Waals surface area (Å²) in [5.41, 5.74) is 18.9. The van der Waals surface area contributed by atoms with Crippen LogP contribution in [0.5, 0.6) is 11.5 Å². The SMILES string of the molecule is [2H]C([2H])([2H])c1cc(-n2c3[c-]c(Oc4[c-]c(N5[CH-]N(c6c(-c7ccccc7)cc(C(C)(C)C)cc6-c6cc(C(C)(C)C)cc(C(C)(C)C)c6)c6ccccc65)ccc4)ccc3c3cc(C(C)(C)C)ccc32)ncc1-c1cccc2c1C(C)(C)CCC2(C)C.[Pt]. The molecule has 0 N–H and O–H groups in total. The molecule has 3 heterocycles. The number of anilines is 4. The average Bonchev–Trinajstić information content (AvgIpc) is 1.28. The van der Waals surface area contributed by atoms with Crippen molar-refractivity contribution in [2.75, 3.05) is 9.80 Å². The fraction of sp³-hybridized carbons (Fsp3) is 0.316. The van der Waals surface area contributed by atoms with E-state index in [1.54, 1.807) is 12.3 Å². The first-order valence-corrected chi connectivity index (χ1v) is 30.1. The van der Waals surface area contributed by atoms with Gasteiger partial charge in [0.15, 0.2) is 0 Å². The molecule has 6 heteroatoms. The van der Waals surface area contributed by atoms with Crippen molar-refractivity contribution in [3.63, 3.8) is 0 Å². The molecule has 0 atom stereocenters. The second-order valence-corrected chi connectivity index (χ2v) is 29.2. The Hall–Kier alpha value is -7.20. The Morgan fingerprint density at radius 1 is 0.518 bits per heavy atom. The first-order valence-electron chi connectivity index (χ1n) is 31.6. The van der Waals surface area contributed by atoms with Gasteiger partial charge < -0.3 is 19.1 Å². The Kier molecular flexibility index (Phi) is 14.0. The van der Waals surface area contributed by atoms with Crippen LogP contribution < -0.4 is 14.5 Å². The van der Waals surface area contributed by atoms with Crippen molar-refractivity contribution in [1.29, 1.82) is 0 Å². The zero-order chi connectivity index (χ0) is 62.1. The number of hydrogen-bond donors (Lipinski definition) is 0. The number of benzene rings is 8. The molecule has 2 aromatic heterocycles. The van der Waals surface area contributed by atoms with Gasteiger partial charge in [-0.25, -0.2) is 4.98 Å². The minimum Gasteiger partial charge on any atom is -0.509 e. The van der Waals surface area contributed by atoms with Gasteiger partial charge in [-0.2, -0.15) is 12.1 Å². The molecule has 2 aliphatic rings. The maximum Gasteiger partial charge on any atom is 0.135 e. The van der Waals surface area contributed by atoms with Crippen molar-refractivity contribution in [3.8, 4) is 50.7 Å². The Labute approximate surface area is 526 Å². The molecule has 0 radical (unpaired) electrons. The number of rotatable bonds is 8. The number of para-hydroxylation sites is 2. The van der Waals surface area contributed by atoms with Crippen LogP contribution in [0.4, 0.5) is 22.7 Å². The summed E-state index contributed by atoms with van der Waals surface area (Å²) in [6.07, 6.45) is 3.84. The minimum atomic E-state index is -2.44. The van der Waals surface area contributed by atoms with Crippen molar-refractivity contribution < 1.29 is 29.9 Å². The molecule has 0 bridgehead atoms. The van der Waals surface area contributed by atoms with E-state index in [0.29, 0.717) is 22.9 Å². The van der Waals surface area contributed by atoms with Crippen LogP contribution in [0.2, 0.25) is 0 Å². The van der Waals surface area contributed by atoms with E-state index in [2.05, 4.69) is 277 Å². The van der Waals surface area contributed by atoms with E-state index in [1.807, 2.05) is 18.2 Å². The van der Waals surface area contributed by atoms with Crippen LogP contribution in [0.25, 0.3) is 61.0 Å². The number of aryl methyl sites for hydroxylation is 1. The zero-order valence-electron chi connectivity index (χ0n) is 55.6. The second-order valence-electron chi connectivity index (χ2n) is 29.2. The standard InChI is InChI=1S/C79H83N4O.Pt/c1-50-39-71(80-48-65(50)61-29-24-30-66-72(61)79(16,17)38-37-78(66,14)15)83-67-36-33-53(74(2,3)4)43-64(67)60-35-34-59(47-70(60)83)84-58-28-23-27-57(46-58)81-49-82(69-32-22-21-31-68(69)81)73-62(51-25-19-18-20-26-51)44-56(77(11,12)13)45-63(73)52-40-54(75(5,6)7)42-55(41-52)76(8,9)10;/h18-36,39-45,48-49H,37-38H2,1-17H3;/q-3;/i1D3;. The van der Waals surface area contributed by atoms with Gasteiger partial charge in [-0.3, -0.25) is 0 Å². The Bertz CT molecular complexity index is 4300. The summed E-state index contributed by atoms with van der Waals surface area (Å²) < 4.78 is 36.2. The smallest absolute Gasteiger partial charge is 0.135 e. The maximum absolute atomic E-state index is 9.08. The summed E-state index contributed by atoms with van der Waals surface area (Å²) in [5.74, 6) is 1.50. The van der Waals surface area contributed by atoms with Crippen LogP contribution >= 0.6 is 0 Å². The van der Waals surface area contributed by atoms with Crippen molar-refractivity contribution in [1.82, 2.24) is 9.55 Å². The van der Waals surface area contributed by atoms with Gasteiger partial charge in [0.1, 0.15) is 5.82 Å². The van der Waals surface area contributed by atoms with Crippen LogP contribution in [0.15, 0.2) is 164 Å². The largest absolute Gasteiger partial charge is 0.509 e. The average molecular weight is 1300 g/mol. The van der Waals surface area contributed by atoms with E-state index in [1.165, 1.54) is 38.9 Å². The van der Waals surface area contributed by atoms with Crippen molar-refractivity contribution in [2.24, 2.45) is 0 Å². The molecule has 10 aromatic rings. The normalized spacial score (nSPS) is 15.7. The van der Waals surface area contributed by atoms with E-state index in [9.17, 15) is 0 Å². The molecule has 0 saturated heterocycles. The van der Waals surface area contributed by atoms with Gasteiger partial charge in [-0.1, -0.05) is 207 Å². The number of nitrogens with zero attached hydrogens (tertiary/aromatic N) is 4. The molecule has 12 rings (SSSR count). The van der Waals surface area contributed by atoms with E-state index in [-0.39, 0.29) is 59.1 Å². The fourth-order valence-corrected chi connectivity index (χ4v) is 12.7. The summed E-state index contributed by atoms with van der Waals surface area (Å²) in [7, 11) is 0. The molecule has 0 saturated carbocycles. The van der Waals surface area contributed by atoms with E-state index >= 15 is 0 Å². The second kappa shape index (κ2) is 21.3. The number of pyridine rings is 1. The minimum absolute atomic E-state index is 0. The fourth-order valence-electron chi connectivity index (χ4n) is 12.7. The van der Waals surface area contributed by atoms with Crippen molar-refractivity contribution in [2.45, 2.75) is 163 Å². The molecule has 1 aliphatic carbocycles. The van der Waals surface area contributed by atoms with Crippen LogP contribution in [0.3, 0.4) is 0 Å². The summed E-state index contributed by atoms with van der Waals surface area (Å²) in [4.78, 5) is 9.80. The van der Waals surface area contributed by atoms with Gasteiger partial charge in [-0.15, -0.1) is 48.1 Å². The van der Waals surface area contributed by atoms with Crippen LogP contribution in [0, 0.1) is 25.7 Å². The molecular formula is C79H83N4OPt-3. The first kappa shape index (κ1) is 55.7. The number of ether oxygens (including phenoxy) is 1. The number of fused-ring (bicyclic) bond motifs is 5. The maximum atomic E-state index is 9.08. The van der Waals surface area contributed by atoms with Crippen LogP contribution in [0.1, 0.15) is 167 Å². The monoisotopic (exact) mass is 1300 g/mol. The van der Waals surface area contributed by atoms with E-state index in [4.69, 9.17) is 13.8 Å². The quantitative estimate of drug-likeness (QED) is 0.142. The summed E-state index contributed by atoms with van der Waals surface area (Å²) in [6.45, 7) is 36.4. The summed E-state index contributed by atoms with van der Waals surface area (Å²) >= 11 is 0. The van der Waals surface area contributed by atoms with Gasteiger partial charge in [0, 0.05) is 82.1 Å². The van der Waals surface area contributed by atoms with Gasteiger partial charge in [-0.05, 0) is 150 Å². The summed E-state index contributed by atoms with van der Waals surface area (Å²) in [5, 5.41) is 1.98. The molecule has 8 aromatic carbocycles. The molecular weight excluding hydrogens is 1220 g/mol. The zero-order valence-corrected chi connectivity index (χ0v) is 54.9. The molecule has 1 aliphatic heterocycles. The Morgan fingerprint density at radius 3 is 1.78 bits per heavy atom. The third-order valence-electron chi connectivity index (χ3n) is 17.9.